The number of H-pyrrole nitrogens is 1. The second-order valence-electron chi connectivity index (χ2n) is 5.58. The normalized spacial score (nSPS) is 18.5. The molecular formula is C15H17N7O. The molecule has 4 heterocycles. The maximum atomic E-state index is 6.02. The standard InChI is InChI=1S/C15H17N7O/c1-9-8-23-5-4-22(9)13-6-12(16)19-15(20-13)10-2-3-17-14-11(10)7-18-21-14/h2-3,6-7,9H,4-5,8H2,1H3,(H2,16,19,20)(H,17,18,21). The number of aromatic amines is 1. The lowest BCUT2D eigenvalue weighted by Gasteiger charge is -2.34. The van der Waals surface area contributed by atoms with Crippen molar-refractivity contribution in [1.82, 2.24) is 25.1 Å². The summed E-state index contributed by atoms with van der Waals surface area (Å²) in [6.07, 6.45) is 3.43. The van der Waals surface area contributed by atoms with Crippen LogP contribution in [-0.2, 0) is 4.74 Å². The van der Waals surface area contributed by atoms with Crippen molar-refractivity contribution >= 4 is 22.7 Å². The molecule has 4 rings (SSSR count). The van der Waals surface area contributed by atoms with Crippen molar-refractivity contribution in [3.8, 4) is 11.4 Å². The van der Waals surface area contributed by atoms with Gasteiger partial charge in [0.15, 0.2) is 11.5 Å². The van der Waals surface area contributed by atoms with Crippen LogP contribution >= 0.6 is 0 Å². The number of ether oxygens (including phenoxy) is 1. The average molecular weight is 311 g/mol. The minimum atomic E-state index is 0.247. The zero-order valence-corrected chi connectivity index (χ0v) is 12.7. The van der Waals surface area contributed by atoms with Gasteiger partial charge in [-0.2, -0.15) is 5.10 Å². The molecule has 1 aliphatic rings. The van der Waals surface area contributed by atoms with Gasteiger partial charge in [-0.3, -0.25) is 5.10 Å². The summed E-state index contributed by atoms with van der Waals surface area (Å²) in [5.74, 6) is 1.83. The van der Waals surface area contributed by atoms with Crippen molar-refractivity contribution in [3.63, 3.8) is 0 Å². The quantitative estimate of drug-likeness (QED) is 0.733. The molecule has 0 aliphatic carbocycles. The van der Waals surface area contributed by atoms with Gasteiger partial charge < -0.3 is 15.4 Å². The summed E-state index contributed by atoms with van der Waals surface area (Å²) in [7, 11) is 0. The number of hydrogen-bond donors (Lipinski definition) is 2. The van der Waals surface area contributed by atoms with Gasteiger partial charge in [0.25, 0.3) is 0 Å². The molecule has 8 nitrogen and oxygen atoms in total. The number of nitrogens with one attached hydrogen (secondary N) is 1. The first-order valence-corrected chi connectivity index (χ1v) is 7.50. The van der Waals surface area contributed by atoms with Crippen LogP contribution in [0.5, 0.6) is 0 Å². The second kappa shape index (κ2) is 5.47. The number of nitrogen functional groups attached to an aromatic ring is 1. The summed E-state index contributed by atoms with van der Waals surface area (Å²) in [6, 6.07) is 3.93. The number of pyridine rings is 1. The highest BCUT2D eigenvalue weighted by molar-refractivity contribution is 5.90. The van der Waals surface area contributed by atoms with Crippen molar-refractivity contribution in [2.24, 2.45) is 0 Å². The zero-order chi connectivity index (χ0) is 15.8. The Balaban J connectivity index is 1.82. The van der Waals surface area contributed by atoms with E-state index in [-0.39, 0.29) is 6.04 Å². The topological polar surface area (TPSA) is 106 Å². The predicted molar refractivity (Wildman–Crippen MR) is 87.0 cm³/mol. The fraction of sp³-hybridized carbons (Fsp3) is 0.333. The molecule has 0 bridgehead atoms. The highest BCUT2D eigenvalue weighted by atomic mass is 16.5. The van der Waals surface area contributed by atoms with Crippen molar-refractivity contribution in [2.75, 3.05) is 30.4 Å². The van der Waals surface area contributed by atoms with Crippen LogP contribution in [-0.4, -0.2) is 50.9 Å². The fourth-order valence-corrected chi connectivity index (χ4v) is 2.83. The van der Waals surface area contributed by atoms with Crippen LogP contribution < -0.4 is 10.6 Å². The monoisotopic (exact) mass is 311 g/mol. The SMILES string of the molecule is CC1COCCN1c1cc(N)nc(-c2ccnc3[nH]ncc23)n1. The molecule has 1 atom stereocenters. The van der Waals surface area contributed by atoms with Gasteiger partial charge in [-0.05, 0) is 13.0 Å². The molecule has 0 spiro atoms. The van der Waals surface area contributed by atoms with Gasteiger partial charge in [0.05, 0.1) is 25.5 Å². The maximum absolute atomic E-state index is 6.02. The molecule has 118 valence electrons. The van der Waals surface area contributed by atoms with Crippen LogP contribution in [0.4, 0.5) is 11.6 Å². The van der Waals surface area contributed by atoms with Crippen LogP contribution in [0.3, 0.4) is 0 Å². The minimum absolute atomic E-state index is 0.247. The smallest absolute Gasteiger partial charge is 0.164 e. The van der Waals surface area contributed by atoms with Crippen molar-refractivity contribution in [3.05, 3.63) is 24.5 Å². The number of nitrogens with two attached hydrogens (primary N) is 1. The first-order valence-electron chi connectivity index (χ1n) is 7.50. The lowest BCUT2D eigenvalue weighted by Crippen LogP contribution is -2.44. The third kappa shape index (κ3) is 2.46. The number of nitrogens with zero attached hydrogens (tertiary/aromatic N) is 5. The second-order valence-corrected chi connectivity index (χ2v) is 5.58. The molecule has 1 unspecified atom stereocenters. The van der Waals surface area contributed by atoms with Crippen molar-refractivity contribution < 1.29 is 4.74 Å². The van der Waals surface area contributed by atoms with Gasteiger partial charge in [0.2, 0.25) is 0 Å². The van der Waals surface area contributed by atoms with Gasteiger partial charge in [0, 0.05) is 29.8 Å². The lowest BCUT2D eigenvalue weighted by molar-refractivity contribution is 0.0985. The van der Waals surface area contributed by atoms with E-state index in [1.807, 2.05) is 6.07 Å². The molecule has 3 aromatic rings. The van der Waals surface area contributed by atoms with Gasteiger partial charge in [-0.1, -0.05) is 0 Å². The fourth-order valence-electron chi connectivity index (χ4n) is 2.83. The van der Waals surface area contributed by atoms with E-state index < -0.39 is 0 Å². The molecule has 0 aromatic carbocycles. The van der Waals surface area contributed by atoms with Crippen molar-refractivity contribution in [1.29, 1.82) is 0 Å². The van der Waals surface area contributed by atoms with Gasteiger partial charge >= 0.3 is 0 Å². The van der Waals surface area contributed by atoms with Crippen LogP contribution in [0, 0.1) is 0 Å². The molecule has 1 aliphatic heterocycles. The van der Waals surface area contributed by atoms with Gasteiger partial charge in [0.1, 0.15) is 11.6 Å². The Labute approximate surface area is 132 Å². The first-order chi connectivity index (χ1) is 11.2. The third-order valence-corrected chi connectivity index (χ3v) is 3.99. The summed E-state index contributed by atoms with van der Waals surface area (Å²) in [4.78, 5) is 15.5. The maximum Gasteiger partial charge on any atom is 0.164 e. The Morgan fingerprint density at radius 2 is 2.30 bits per heavy atom. The molecule has 23 heavy (non-hydrogen) atoms. The minimum Gasteiger partial charge on any atom is -0.384 e. The van der Waals surface area contributed by atoms with E-state index in [1.165, 1.54) is 0 Å². The Morgan fingerprint density at radius 1 is 1.39 bits per heavy atom. The van der Waals surface area contributed by atoms with Gasteiger partial charge in [-0.15, -0.1) is 0 Å². The van der Waals surface area contributed by atoms with E-state index in [2.05, 4.69) is 32.0 Å². The summed E-state index contributed by atoms with van der Waals surface area (Å²) < 4.78 is 5.49. The number of fused-ring (bicyclic) bond motifs is 1. The molecular weight excluding hydrogens is 294 g/mol. The Hall–Kier alpha value is -2.74. The van der Waals surface area contributed by atoms with Gasteiger partial charge in [-0.25, -0.2) is 15.0 Å². The summed E-state index contributed by atoms with van der Waals surface area (Å²) in [6.45, 7) is 4.26. The molecule has 8 heteroatoms. The average Bonchev–Trinajstić information content (AvgIpc) is 3.03. The summed E-state index contributed by atoms with van der Waals surface area (Å²) in [5.41, 5.74) is 7.58. The molecule has 1 fully saturated rings. The van der Waals surface area contributed by atoms with Crippen LogP contribution in [0.2, 0.25) is 0 Å². The van der Waals surface area contributed by atoms with E-state index >= 15 is 0 Å². The van der Waals surface area contributed by atoms with E-state index in [0.29, 0.717) is 30.5 Å². The predicted octanol–water partition coefficient (Wildman–Crippen LogP) is 1.22. The third-order valence-electron chi connectivity index (χ3n) is 3.99. The summed E-state index contributed by atoms with van der Waals surface area (Å²) >= 11 is 0. The van der Waals surface area contributed by atoms with E-state index in [0.717, 1.165) is 23.3 Å². The Bertz CT molecular complexity index is 847. The largest absolute Gasteiger partial charge is 0.384 e. The van der Waals surface area contributed by atoms with E-state index in [1.54, 1.807) is 18.5 Å². The van der Waals surface area contributed by atoms with Crippen molar-refractivity contribution in [2.45, 2.75) is 13.0 Å². The molecule has 3 N–H and O–H groups in total. The summed E-state index contributed by atoms with van der Waals surface area (Å²) in [5, 5.41) is 7.76. The Kier molecular flexibility index (Phi) is 3.30. The highest BCUT2D eigenvalue weighted by Crippen LogP contribution is 2.27. The number of anilines is 2. The molecule has 0 amide bonds. The number of hydrogen-bond acceptors (Lipinski definition) is 7. The number of aromatic nitrogens is 5. The molecule has 3 aromatic heterocycles. The van der Waals surface area contributed by atoms with Crippen LogP contribution in [0.25, 0.3) is 22.4 Å². The molecule has 1 saturated heterocycles. The zero-order valence-electron chi connectivity index (χ0n) is 12.7. The number of rotatable bonds is 2. The van der Waals surface area contributed by atoms with E-state index in [4.69, 9.17) is 15.5 Å². The van der Waals surface area contributed by atoms with Crippen LogP contribution in [0.15, 0.2) is 24.5 Å². The van der Waals surface area contributed by atoms with Crippen LogP contribution in [0.1, 0.15) is 6.92 Å². The highest BCUT2D eigenvalue weighted by Gasteiger charge is 2.22. The lowest BCUT2D eigenvalue weighted by atomic mass is 10.2. The molecule has 0 radical (unpaired) electrons. The number of morpholine rings is 1. The first kappa shape index (κ1) is 13.9. The Morgan fingerprint density at radius 3 is 3.17 bits per heavy atom. The van der Waals surface area contributed by atoms with E-state index in [9.17, 15) is 0 Å². The molecule has 0 saturated carbocycles.